The molecule has 1 unspecified atom stereocenters. The highest BCUT2D eigenvalue weighted by atomic mass is 16.3. The molecule has 4 rings (SSSR count). The molecule has 1 aliphatic heterocycles. The van der Waals surface area contributed by atoms with Gasteiger partial charge >= 0.3 is 0 Å². The molecule has 6 heteroatoms. The van der Waals surface area contributed by atoms with Crippen LogP contribution in [0.4, 0.5) is 0 Å². The van der Waals surface area contributed by atoms with Gasteiger partial charge in [0.05, 0.1) is 6.20 Å². The van der Waals surface area contributed by atoms with Gasteiger partial charge in [0, 0.05) is 51.7 Å². The maximum absolute atomic E-state index is 5.89. The van der Waals surface area contributed by atoms with E-state index in [1.165, 1.54) is 12.0 Å². The van der Waals surface area contributed by atoms with Crippen molar-refractivity contribution in [2.45, 2.75) is 19.3 Å². The standard InChI is InChI=1S/C21H27N5O/c1-22-21(23-9-7-19-12-18-5-3-4-6-20(18)27-19)26-10-8-16(15-26)11-17-13-24-25(2)14-17/h3-6,12-14,16H,7-11,15H2,1-2H3,(H,22,23). The van der Waals surface area contributed by atoms with Crippen molar-refractivity contribution in [1.82, 2.24) is 20.0 Å². The SMILES string of the molecule is CN=C(NCCc1cc2ccccc2o1)N1CCC(Cc2cnn(C)c2)C1. The first-order chi connectivity index (χ1) is 13.2. The van der Waals surface area contributed by atoms with Crippen molar-refractivity contribution in [3.05, 3.63) is 54.0 Å². The monoisotopic (exact) mass is 365 g/mol. The number of hydrogen-bond acceptors (Lipinski definition) is 3. The first-order valence-corrected chi connectivity index (χ1v) is 9.62. The topological polar surface area (TPSA) is 58.6 Å². The number of benzene rings is 1. The molecular weight excluding hydrogens is 338 g/mol. The Bertz CT molecular complexity index is 892. The van der Waals surface area contributed by atoms with Gasteiger partial charge in [-0.25, -0.2) is 0 Å². The van der Waals surface area contributed by atoms with E-state index in [0.717, 1.165) is 55.2 Å². The number of para-hydroxylation sites is 1. The number of hydrogen-bond donors (Lipinski definition) is 1. The van der Waals surface area contributed by atoms with Crippen molar-refractivity contribution in [3.8, 4) is 0 Å². The van der Waals surface area contributed by atoms with Gasteiger partial charge in [0.15, 0.2) is 5.96 Å². The lowest BCUT2D eigenvalue weighted by Gasteiger charge is -2.21. The minimum Gasteiger partial charge on any atom is -0.461 e. The summed E-state index contributed by atoms with van der Waals surface area (Å²) in [7, 11) is 3.83. The van der Waals surface area contributed by atoms with Crippen LogP contribution in [0, 0.1) is 5.92 Å². The van der Waals surface area contributed by atoms with Crippen LogP contribution in [-0.2, 0) is 19.9 Å². The number of rotatable bonds is 5. The van der Waals surface area contributed by atoms with Crippen LogP contribution in [0.1, 0.15) is 17.7 Å². The molecule has 0 aliphatic carbocycles. The zero-order valence-corrected chi connectivity index (χ0v) is 16.1. The molecule has 1 atom stereocenters. The largest absolute Gasteiger partial charge is 0.461 e. The fourth-order valence-corrected chi connectivity index (χ4v) is 3.89. The molecular formula is C21H27N5O. The first kappa shape index (κ1) is 17.6. The van der Waals surface area contributed by atoms with Gasteiger partial charge in [-0.15, -0.1) is 0 Å². The Hall–Kier alpha value is -2.76. The number of nitrogens with one attached hydrogen (secondary N) is 1. The molecule has 1 saturated heterocycles. The van der Waals surface area contributed by atoms with E-state index >= 15 is 0 Å². The Morgan fingerprint density at radius 2 is 2.26 bits per heavy atom. The van der Waals surface area contributed by atoms with Crippen LogP contribution in [0.15, 0.2) is 52.1 Å². The Morgan fingerprint density at radius 1 is 1.37 bits per heavy atom. The summed E-state index contributed by atoms with van der Waals surface area (Å²) in [6, 6.07) is 10.3. The number of fused-ring (bicyclic) bond motifs is 1. The molecule has 0 bridgehead atoms. The summed E-state index contributed by atoms with van der Waals surface area (Å²) in [5.74, 6) is 2.65. The van der Waals surface area contributed by atoms with Crippen LogP contribution < -0.4 is 5.32 Å². The zero-order chi connectivity index (χ0) is 18.6. The molecule has 3 aromatic rings. The molecule has 2 aromatic heterocycles. The quantitative estimate of drug-likeness (QED) is 0.558. The molecule has 142 valence electrons. The maximum Gasteiger partial charge on any atom is 0.193 e. The van der Waals surface area contributed by atoms with Crippen LogP contribution in [0.2, 0.25) is 0 Å². The molecule has 27 heavy (non-hydrogen) atoms. The van der Waals surface area contributed by atoms with Crippen LogP contribution >= 0.6 is 0 Å². The summed E-state index contributed by atoms with van der Waals surface area (Å²) >= 11 is 0. The zero-order valence-electron chi connectivity index (χ0n) is 16.1. The molecule has 0 radical (unpaired) electrons. The van der Waals surface area contributed by atoms with E-state index in [9.17, 15) is 0 Å². The van der Waals surface area contributed by atoms with E-state index in [1.54, 1.807) is 0 Å². The summed E-state index contributed by atoms with van der Waals surface area (Å²) in [5.41, 5.74) is 2.27. The van der Waals surface area contributed by atoms with Gasteiger partial charge in [0.25, 0.3) is 0 Å². The highest BCUT2D eigenvalue weighted by molar-refractivity contribution is 5.80. The second-order valence-electron chi connectivity index (χ2n) is 7.30. The molecule has 0 spiro atoms. The third kappa shape index (κ3) is 4.15. The molecule has 1 aromatic carbocycles. The van der Waals surface area contributed by atoms with Gasteiger partial charge in [-0.1, -0.05) is 18.2 Å². The minimum absolute atomic E-state index is 0.656. The average Bonchev–Trinajstić information content (AvgIpc) is 3.39. The summed E-state index contributed by atoms with van der Waals surface area (Å²) in [6.45, 7) is 2.91. The van der Waals surface area contributed by atoms with E-state index < -0.39 is 0 Å². The Balaban J connectivity index is 1.28. The number of nitrogens with zero attached hydrogens (tertiary/aromatic N) is 4. The normalized spacial score (nSPS) is 17.8. The first-order valence-electron chi connectivity index (χ1n) is 9.62. The molecule has 0 saturated carbocycles. The summed E-state index contributed by atoms with van der Waals surface area (Å²) in [4.78, 5) is 6.83. The lowest BCUT2D eigenvalue weighted by atomic mass is 10.0. The summed E-state index contributed by atoms with van der Waals surface area (Å²) < 4.78 is 7.77. The number of aromatic nitrogens is 2. The fraction of sp³-hybridized carbons (Fsp3) is 0.429. The van der Waals surface area contributed by atoms with Gasteiger partial charge in [-0.3, -0.25) is 9.67 Å². The lowest BCUT2D eigenvalue weighted by Crippen LogP contribution is -2.40. The van der Waals surface area contributed by atoms with Gasteiger partial charge in [-0.2, -0.15) is 5.10 Å². The van der Waals surface area contributed by atoms with Gasteiger partial charge in [-0.05, 0) is 36.5 Å². The number of aliphatic imine (C=N–C) groups is 1. The van der Waals surface area contributed by atoms with Gasteiger partial charge in [0.1, 0.15) is 11.3 Å². The maximum atomic E-state index is 5.89. The predicted octanol–water partition coefficient (Wildman–Crippen LogP) is 2.85. The Morgan fingerprint density at radius 3 is 3.04 bits per heavy atom. The van der Waals surface area contributed by atoms with Crippen molar-refractivity contribution in [1.29, 1.82) is 0 Å². The van der Waals surface area contributed by atoms with E-state index in [1.807, 2.05) is 43.2 Å². The van der Waals surface area contributed by atoms with Crippen molar-refractivity contribution in [2.75, 3.05) is 26.7 Å². The van der Waals surface area contributed by atoms with Crippen LogP contribution in [0.25, 0.3) is 11.0 Å². The van der Waals surface area contributed by atoms with Gasteiger partial charge in [0.2, 0.25) is 0 Å². The highest BCUT2D eigenvalue weighted by Crippen LogP contribution is 2.21. The van der Waals surface area contributed by atoms with Crippen LogP contribution in [-0.4, -0.2) is 47.3 Å². The average molecular weight is 365 g/mol. The number of likely N-dealkylation sites (tertiary alicyclic amines) is 1. The smallest absolute Gasteiger partial charge is 0.193 e. The summed E-state index contributed by atoms with van der Waals surface area (Å²) in [6.07, 6.45) is 7.21. The van der Waals surface area contributed by atoms with E-state index in [0.29, 0.717) is 5.92 Å². The Kier molecular flexibility index (Phi) is 5.14. The third-order valence-corrected chi connectivity index (χ3v) is 5.21. The van der Waals surface area contributed by atoms with E-state index in [2.05, 4.69) is 38.6 Å². The molecule has 1 aliphatic rings. The number of guanidine groups is 1. The third-order valence-electron chi connectivity index (χ3n) is 5.21. The van der Waals surface area contributed by atoms with Crippen LogP contribution in [0.3, 0.4) is 0 Å². The minimum atomic E-state index is 0.656. The molecule has 3 heterocycles. The molecule has 6 nitrogen and oxygen atoms in total. The highest BCUT2D eigenvalue weighted by Gasteiger charge is 2.25. The second-order valence-corrected chi connectivity index (χ2v) is 7.30. The van der Waals surface area contributed by atoms with E-state index in [-0.39, 0.29) is 0 Å². The summed E-state index contributed by atoms with van der Waals surface area (Å²) in [5, 5.41) is 8.93. The number of aryl methyl sites for hydroxylation is 1. The lowest BCUT2D eigenvalue weighted by molar-refractivity contribution is 0.458. The molecule has 1 N–H and O–H groups in total. The van der Waals surface area contributed by atoms with Crippen molar-refractivity contribution in [2.24, 2.45) is 18.0 Å². The van der Waals surface area contributed by atoms with Crippen molar-refractivity contribution in [3.63, 3.8) is 0 Å². The van der Waals surface area contributed by atoms with Crippen molar-refractivity contribution >= 4 is 16.9 Å². The fourth-order valence-electron chi connectivity index (χ4n) is 3.89. The van der Waals surface area contributed by atoms with Crippen molar-refractivity contribution < 1.29 is 4.42 Å². The van der Waals surface area contributed by atoms with Crippen LogP contribution in [0.5, 0.6) is 0 Å². The van der Waals surface area contributed by atoms with Gasteiger partial charge < -0.3 is 14.6 Å². The predicted molar refractivity (Wildman–Crippen MR) is 108 cm³/mol. The Labute approximate surface area is 159 Å². The second kappa shape index (κ2) is 7.86. The molecule has 1 fully saturated rings. The molecule has 0 amide bonds. The number of furan rings is 1. The van der Waals surface area contributed by atoms with E-state index in [4.69, 9.17) is 4.42 Å².